The molecule has 0 spiro atoms. The van der Waals surface area contributed by atoms with Gasteiger partial charge in [-0.15, -0.1) is 0 Å². The van der Waals surface area contributed by atoms with Crippen molar-refractivity contribution in [1.29, 1.82) is 0 Å². The summed E-state index contributed by atoms with van der Waals surface area (Å²) in [5.74, 6) is 0.977. The second-order valence-electron chi connectivity index (χ2n) is 5.57. The van der Waals surface area contributed by atoms with Crippen molar-refractivity contribution in [2.24, 2.45) is 0 Å². The molecule has 2 aliphatic heterocycles. The van der Waals surface area contributed by atoms with E-state index in [4.69, 9.17) is 14.6 Å². The van der Waals surface area contributed by atoms with Crippen molar-refractivity contribution in [3.63, 3.8) is 0 Å². The maximum Gasteiger partial charge on any atom is 0.303 e. The summed E-state index contributed by atoms with van der Waals surface area (Å²) in [5, 5.41) is 8.95. The van der Waals surface area contributed by atoms with E-state index in [0.29, 0.717) is 6.42 Å². The van der Waals surface area contributed by atoms with Gasteiger partial charge in [0.25, 0.3) is 0 Å². The molecule has 0 bridgehead atoms. The predicted octanol–water partition coefficient (Wildman–Crippen LogP) is 3.11. The first-order valence-corrected chi connectivity index (χ1v) is 7.67. The molecule has 1 N–H and O–H groups in total. The molecule has 0 radical (unpaired) electrons. The fraction of sp³-hybridized carbons (Fsp3) is 0.533. The highest BCUT2D eigenvalue weighted by atomic mass is 79.9. The van der Waals surface area contributed by atoms with Crippen LogP contribution in [0.4, 0.5) is 0 Å². The third-order valence-electron chi connectivity index (χ3n) is 3.86. The third-order valence-corrected chi connectivity index (χ3v) is 4.70. The molecule has 0 saturated heterocycles. The number of carboxylic acids is 1. The topological polar surface area (TPSA) is 55.8 Å². The van der Waals surface area contributed by atoms with E-state index in [2.05, 4.69) is 15.9 Å². The molecule has 0 aromatic heterocycles. The van der Waals surface area contributed by atoms with Crippen molar-refractivity contribution < 1.29 is 19.4 Å². The molecule has 1 aromatic carbocycles. The molecule has 2 atom stereocenters. The molecule has 0 amide bonds. The van der Waals surface area contributed by atoms with Crippen LogP contribution in [0.2, 0.25) is 0 Å². The number of aliphatic carboxylic acids is 1. The Balaban J connectivity index is 2.10. The molecule has 0 aliphatic carbocycles. The summed E-state index contributed by atoms with van der Waals surface area (Å²) in [6, 6.07) is 0. The zero-order chi connectivity index (χ0) is 14.4. The van der Waals surface area contributed by atoms with Crippen LogP contribution in [0.25, 0.3) is 0 Å². The number of carbonyl (C=O) groups is 1. The monoisotopic (exact) mass is 340 g/mol. The Morgan fingerprint density at radius 1 is 1.20 bits per heavy atom. The number of benzene rings is 1. The summed E-state index contributed by atoms with van der Waals surface area (Å²) in [4.78, 5) is 10.9. The van der Waals surface area contributed by atoms with E-state index in [0.717, 1.165) is 45.5 Å². The zero-order valence-electron chi connectivity index (χ0n) is 11.5. The Kier molecular flexibility index (Phi) is 3.40. The van der Waals surface area contributed by atoms with E-state index >= 15 is 0 Å². The molecule has 3 rings (SSSR count). The van der Waals surface area contributed by atoms with Crippen molar-refractivity contribution in [3.05, 3.63) is 21.2 Å². The number of ether oxygens (including phenoxy) is 2. The highest BCUT2D eigenvalue weighted by Gasteiger charge is 2.34. The van der Waals surface area contributed by atoms with Gasteiger partial charge >= 0.3 is 5.97 Å². The van der Waals surface area contributed by atoms with Crippen LogP contribution in [-0.4, -0.2) is 23.3 Å². The van der Waals surface area contributed by atoms with Crippen molar-refractivity contribution in [2.45, 2.75) is 51.7 Å². The minimum absolute atomic E-state index is 0.118. The summed E-state index contributed by atoms with van der Waals surface area (Å²) in [5.41, 5.74) is 3.25. The van der Waals surface area contributed by atoms with E-state index < -0.39 is 5.97 Å². The van der Waals surface area contributed by atoms with Crippen molar-refractivity contribution in [3.8, 4) is 11.5 Å². The van der Waals surface area contributed by atoms with Gasteiger partial charge in [-0.25, -0.2) is 0 Å². The summed E-state index contributed by atoms with van der Waals surface area (Å²) in [6.07, 6.45) is 2.52. The molecular weight excluding hydrogens is 324 g/mol. The van der Waals surface area contributed by atoms with Gasteiger partial charge < -0.3 is 14.6 Å². The molecule has 0 saturated carbocycles. The maximum absolute atomic E-state index is 10.9. The molecule has 5 heteroatoms. The Morgan fingerprint density at radius 2 is 1.80 bits per heavy atom. The SMILES string of the molecule is CC1Cc2c(CCC(=O)O)c3c(c(Br)c2O1)CC(C)O3. The lowest BCUT2D eigenvalue weighted by Crippen LogP contribution is -2.08. The van der Waals surface area contributed by atoms with Crippen LogP contribution >= 0.6 is 15.9 Å². The highest BCUT2D eigenvalue weighted by Crippen LogP contribution is 2.49. The standard InChI is InChI=1S/C15H17BrO4/c1-7-5-10-9(3-4-12(17)18)14-11(6-8(2)19-14)13(16)15(10)20-7/h7-8H,3-6H2,1-2H3,(H,17,18). The number of hydrogen-bond donors (Lipinski definition) is 1. The Hall–Kier alpha value is -1.23. The first-order chi connectivity index (χ1) is 9.47. The van der Waals surface area contributed by atoms with Crippen LogP contribution in [0.5, 0.6) is 11.5 Å². The van der Waals surface area contributed by atoms with Crippen molar-refractivity contribution in [1.82, 2.24) is 0 Å². The van der Waals surface area contributed by atoms with Gasteiger partial charge in [0, 0.05) is 36.0 Å². The van der Waals surface area contributed by atoms with Crippen LogP contribution < -0.4 is 9.47 Å². The molecule has 1 aromatic rings. The van der Waals surface area contributed by atoms with Crippen LogP contribution in [0.1, 0.15) is 37.0 Å². The maximum atomic E-state index is 10.9. The summed E-state index contributed by atoms with van der Waals surface area (Å²) < 4.78 is 12.8. The van der Waals surface area contributed by atoms with E-state index in [1.54, 1.807) is 0 Å². The lowest BCUT2D eigenvalue weighted by Gasteiger charge is -2.14. The fourth-order valence-corrected chi connectivity index (χ4v) is 3.72. The van der Waals surface area contributed by atoms with Gasteiger partial charge in [0.05, 0.1) is 4.47 Å². The molecule has 2 unspecified atom stereocenters. The van der Waals surface area contributed by atoms with E-state index in [9.17, 15) is 4.79 Å². The second-order valence-corrected chi connectivity index (χ2v) is 6.36. The smallest absolute Gasteiger partial charge is 0.303 e. The van der Waals surface area contributed by atoms with Crippen LogP contribution in [0.3, 0.4) is 0 Å². The van der Waals surface area contributed by atoms with Gasteiger partial charge in [-0.2, -0.15) is 0 Å². The lowest BCUT2D eigenvalue weighted by atomic mass is 9.95. The van der Waals surface area contributed by atoms with Gasteiger partial charge in [0.2, 0.25) is 0 Å². The Morgan fingerprint density at radius 3 is 2.45 bits per heavy atom. The Bertz CT molecular complexity index is 543. The van der Waals surface area contributed by atoms with Gasteiger partial charge in [-0.05, 0) is 36.2 Å². The average molecular weight is 341 g/mol. The first kappa shape index (κ1) is 13.7. The summed E-state index contributed by atoms with van der Waals surface area (Å²) >= 11 is 3.63. The highest BCUT2D eigenvalue weighted by molar-refractivity contribution is 9.10. The number of fused-ring (bicyclic) bond motifs is 2. The zero-order valence-corrected chi connectivity index (χ0v) is 13.1. The lowest BCUT2D eigenvalue weighted by molar-refractivity contribution is -0.136. The Labute approximate surface area is 126 Å². The number of rotatable bonds is 3. The van der Waals surface area contributed by atoms with Gasteiger partial charge in [-0.3, -0.25) is 4.79 Å². The third kappa shape index (κ3) is 2.18. The molecule has 0 fully saturated rings. The van der Waals surface area contributed by atoms with Gasteiger partial charge in [0.15, 0.2) is 0 Å². The van der Waals surface area contributed by atoms with E-state index in [-0.39, 0.29) is 18.6 Å². The van der Waals surface area contributed by atoms with Crippen LogP contribution in [0.15, 0.2) is 4.47 Å². The fourth-order valence-electron chi connectivity index (χ4n) is 3.05. The second kappa shape index (κ2) is 4.95. The summed E-state index contributed by atoms with van der Waals surface area (Å²) in [7, 11) is 0. The number of hydrogen-bond acceptors (Lipinski definition) is 3. The number of carboxylic acid groups (broad SMARTS) is 1. The van der Waals surface area contributed by atoms with Crippen molar-refractivity contribution in [2.75, 3.05) is 0 Å². The summed E-state index contributed by atoms with van der Waals surface area (Å²) in [6.45, 7) is 4.06. The quantitative estimate of drug-likeness (QED) is 0.918. The van der Waals surface area contributed by atoms with E-state index in [1.807, 2.05) is 13.8 Å². The largest absolute Gasteiger partial charge is 0.490 e. The van der Waals surface area contributed by atoms with E-state index in [1.165, 1.54) is 0 Å². The molecule has 2 heterocycles. The molecule has 20 heavy (non-hydrogen) atoms. The normalized spacial score (nSPS) is 22.9. The first-order valence-electron chi connectivity index (χ1n) is 6.88. The van der Waals surface area contributed by atoms with Crippen molar-refractivity contribution >= 4 is 21.9 Å². The minimum Gasteiger partial charge on any atom is -0.490 e. The number of halogens is 1. The van der Waals surface area contributed by atoms with Gasteiger partial charge in [-0.1, -0.05) is 0 Å². The molecule has 4 nitrogen and oxygen atoms in total. The minimum atomic E-state index is -0.784. The molecule has 108 valence electrons. The molecule has 2 aliphatic rings. The van der Waals surface area contributed by atoms with Gasteiger partial charge in [0.1, 0.15) is 23.7 Å². The average Bonchev–Trinajstić information content (AvgIpc) is 2.92. The van der Waals surface area contributed by atoms with Crippen LogP contribution in [0, 0.1) is 0 Å². The predicted molar refractivity (Wildman–Crippen MR) is 77.7 cm³/mol. The van der Waals surface area contributed by atoms with Crippen LogP contribution in [-0.2, 0) is 24.1 Å². The molecular formula is C15H17BrO4.